The number of aromatic nitrogens is 6. The van der Waals surface area contributed by atoms with Gasteiger partial charge in [-0.1, -0.05) is 0 Å². The highest BCUT2D eigenvalue weighted by atomic mass is 16.2. The van der Waals surface area contributed by atoms with Crippen molar-refractivity contribution < 1.29 is 4.79 Å². The van der Waals surface area contributed by atoms with E-state index >= 15 is 0 Å². The second kappa shape index (κ2) is 6.75. The van der Waals surface area contributed by atoms with Crippen LogP contribution in [0.15, 0.2) is 24.7 Å². The van der Waals surface area contributed by atoms with Gasteiger partial charge >= 0.3 is 0 Å². The molecule has 0 aliphatic carbocycles. The van der Waals surface area contributed by atoms with Crippen molar-refractivity contribution in [2.24, 2.45) is 0 Å². The Morgan fingerprint density at radius 2 is 1.96 bits per heavy atom. The van der Waals surface area contributed by atoms with E-state index in [4.69, 9.17) is 0 Å². The minimum absolute atomic E-state index is 0.0146. The number of amides is 1. The molecular formula is C18H20N8O. The summed E-state index contributed by atoms with van der Waals surface area (Å²) in [6, 6.07) is 3.81. The Hall–Kier alpha value is -3.36. The molecular weight excluding hydrogens is 344 g/mol. The highest BCUT2D eigenvalue weighted by Gasteiger charge is 2.25. The predicted molar refractivity (Wildman–Crippen MR) is 101 cm³/mol. The molecule has 0 atom stereocenters. The monoisotopic (exact) mass is 364 g/mol. The first-order valence-corrected chi connectivity index (χ1v) is 8.89. The van der Waals surface area contributed by atoms with Gasteiger partial charge in [-0.05, 0) is 32.9 Å². The van der Waals surface area contributed by atoms with Gasteiger partial charge in [0.1, 0.15) is 12.0 Å². The SMILES string of the molecule is CCN1C(=O)CNc2ncc(-c3ccc(-c4ncn(CC)n4)nc3C)nc21. The summed E-state index contributed by atoms with van der Waals surface area (Å²) in [7, 11) is 0. The average Bonchev–Trinajstić information content (AvgIpc) is 3.17. The van der Waals surface area contributed by atoms with Crippen LogP contribution >= 0.6 is 0 Å². The number of hydrogen-bond donors (Lipinski definition) is 1. The van der Waals surface area contributed by atoms with E-state index in [2.05, 4.69) is 30.4 Å². The number of anilines is 2. The lowest BCUT2D eigenvalue weighted by Gasteiger charge is -2.27. The highest BCUT2D eigenvalue weighted by Crippen LogP contribution is 2.30. The molecule has 1 aliphatic heterocycles. The third-order valence-corrected chi connectivity index (χ3v) is 4.49. The Morgan fingerprint density at radius 3 is 2.67 bits per heavy atom. The molecule has 1 amide bonds. The van der Waals surface area contributed by atoms with Gasteiger partial charge in [-0.3, -0.25) is 14.4 Å². The quantitative estimate of drug-likeness (QED) is 0.754. The zero-order valence-corrected chi connectivity index (χ0v) is 15.5. The molecule has 0 saturated heterocycles. The lowest BCUT2D eigenvalue weighted by molar-refractivity contribution is -0.117. The molecule has 0 saturated carbocycles. The van der Waals surface area contributed by atoms with Gasteiger partial charge in [-0.2, -0.15) is 0 Å². The summed E-state index contributed by atoms with van der Waals surface area (Å²) in [5, 5.41) is 7.40. The zero-order valence-electron chi connectivity index (χ0n) is 15.5. The van der Waals surface area contributed by atoms with Gasteiger partial charge in [0.05, 0.1) is 18.4 Å². The largest absolute Gasteiger partial charge is 0.358 e. The summed E-state index contributed by atoms with van der Waals surface area (Å²) in [6.07, 6.45) is 3.39. The number of carbonyl (C=O) groups is 1. The third-order valence-electron chi connectivity index (χ3n) is 4.49. The minimum Gasteiger partial charge on any atom is -0.358 e. The van der Waals surface area contributed by atoms with E-state index in [1.165, 1.54) is 0 Å². The zero-order chi connectivity index (χ0) is 19.0. The Balaban J connectivity index is 1.72. The van der Waals surface area contributed by atoms with Crippen LogP contribution in [0.2, 0.25) is 0 Å². The van der Waals surface area contributed by atoms with E-state index in [9.17, 15) is 4.79 Å². The molecule has 0 fully saturated rings. The smallest absolute Gasteiger partial charge is 0.247 e. The molecule has 9 nitrogen and oxygen atoms in total. The Kier molecular flexibility index (Phi) is 4.27. The molecule has 1 N–H and O–H groups in total. The highest BCUT2D eigenvalue weighted by molar-refractivity contribution is 6.00. The van der Waals surface area contributed by atoms with Crippen LogP contribution in [0.25, 0.3) is 22.8 Å². The molecule has 27 heavy (non-hydrogen) atoms. The van der Waals surface area contributed by atoms with Crippen LogP contribution in [0.4, 0.5) is 11.6 Å². The number of nitrogens with one attached hydrogen (secondary N) is 1. The fraction of sp³-hybridized carbons (Fsp3) is 0.333. The first kappa shape index (κ1) is 17.1. The molecule has 0 unspecified atom stereocenters. The molecule has 0 aromatic carbocycles. The summed E-state index contributed by atoms with van der Waals surface area (Å²) in [5.74, 6) is 1.75. The molecule has 0 radical (unpaired) electrons. The first-order valence-electron chi connectivity index (χ1n) is 8.89. The topological polar surface area (TPSA) is 102 Å². The standard InChI is InChI=1S/C18H20N8O/c1-4-25-10-21-16(24-25)13-7-6-12(11(3)22-13)14-8-19-17-18(23-14)26(5-2)15(27)9-20-17/h6-8,10H,4-5,9H2,1-3H3,(H,19,20). The third kappa shape index (κ3) is 3.01. The van der Waals surface area contributed by atoms with Gasteiger partial charge in [0, 0.05) is 24.3 Å². The summed E-state index contributed by atoms with van der Waals surface area (Å²) in [5.41, 5.74) is 3.04. The first-order chi connectivity index (χ1) is 13.1. The van der Waals surface area contributed by atoms with E-state index in [0.29, 0.717) is 35.4 Å². The Labute approximate surface area is 156 Å². The number of nitrogens with zero attached hydrogens (tertiary/aromatic N) is 7. The van der Waals surface area contributed by atoms with Crippen molar-refractivity contribution in [3.8, 4) is 22.8 Å². The van der Waals surface area contributed by atoms with Crippen molar-refractivity contribution in [2.75, 3.05) is 23.3 Å². The van der Waals surface area contributed by atoms with Gasteiger partial charge in [0.15, 0.2) is 17.5 Å². The van der Waals surface area contributed by atoms with E-state index in [0.717, 1.165) is 17.8 Å². The van der Waals surface area contributed by atoms with Crippen LogP contribution in [0.1, 0.15) is 19.5 Å². The molecule has 0 spiro atoms. The van der Waals surface area contributed by atoms with E-state index in [-0.39, 0.29) is 12.5 Å². The summed E-state index contributed by atoms with van der Waals surface area (Å²) in [6.45, 7) is 7.39. The maximum absolute atomic E-state index is 12.1. The van der Waals surface area contributed by atoms with Crippen molar-refractivity contribution in [1.82, 2.24) is 29.7 Å². The predicted octanol–water partition coefficient (Wildman–Crippen LogP) is 1.90. The molecule has 3 aromatic heterocycles. The van der Waals surface area contributed by atoms with Crippen LogP contribution in [-0.2, 0) is 11.3 Å². The van der Waals surface area contributed by atoms with Crippen LogP contribution in [-0.4, -0.2) is 48.7 Å². The lowest BCUT2D eigenvalue weighted by Crippen LogP contribution is -2.40. The number of fused-ring (bicyclic) bond motifs is 1. The van der Waals surface area contributed by atoms with Crippen molar-refractivity contribution in [2.45, 2.75) is 27.3 Å². The Bertz CT molecular complexity index is 1010. The number of pyridine rings is 1. The van der Waals surface area contributed by atoms with Gasteiger partial charge < -0.3 is 5.32 Å². The molecule has 9 heteroatoms. The average molecular weight is 364 g/mol. The molecule has 4 heterocycles. The number of carbonyl (C=O) groups excluding carboxylic acids is 1. The van der Waals surface area contributed by atoms with E-state index in [1.807, 2.05) is 32.9 Å². The molecule has 0 bridgehead atoms. The number of hydrogen-bond acceptors (Lipinski definition) is 7. The van der Waals surface area contributed by atoms with Crippen molar-refractivity contribution in [3.63, 3.8) is 0 Å². The number of rotatable bonds is 4. The molecule has 4 rings (SSSR count). The molecule has 138 valence electrons. The maximum Gasteiger partial charge on any atom is 0.247 e. The molecule has 1 aliphatic rings. The normalized spacial score (nSPS) is 13.4. The maximum atomic E-state index is 12.1. The van der Waals surface area contributed by atoms with Crippen LogP contribution in [0.5, 0.6) is 0 Å². The number of likely N-dealkylation sites (N-methyl/N-ethyl adjacent to an activating group) is 1. The Morgan fingerprint density at radius 1 is 1.11 bits per heavy atom. The molecule has 3 aromatic rings. The lowest BCUT2D eigenvalue weighted by atomic mass is 10.1. The second-order valence-electron chi connectivity index (χ2n) is 6.17. The van der Waals surface area contributed by atoms with Gasteiger partial charge in [-0.25, -0.2) is 19.9 Å². The van der Waals surface area contributed by atoms with Gasteiger partial charge in [-0.15, -0.1) is 5.10 Å². The van der Waals surface area contributed by atoms with Crippen molar-refractivity contribution >= 4 is 17.5 Å². The van der Waals surface area contributed by atoms with Crippen LogP contribution in [0.3, 0.4) is 0 Å². The second-order valence-corrected chi connectivity index (χ2v) is 6.17. The van der Waals surface area contributed by atoms with Crippen LogP contribution in [0, 0.1) is 6.92 Å². The number of aryl methyl sites for hydroxylation is 2. The minimum atomic E-state index is -0.0146. The van der Waals surface area contributed by atoms with Crippen LogP contribution < -0.4 is 10.2 Å². The van der Waals surface area contributed by atoms with Crippen molar-refractivity contribution in [3.05, 3.63) is 30.4 Å². The fourth-order valence-corrected chi connectivity index (χ4v) is 3.04. The van der Waals surface area contributed by atoms with Gasteiger partial charge in [0.2, 0.25) is 5.91 Å². The van der Waals surface area contributed by atoms with Gasteiger partial charge in [0.25, 0.3) is 0 Å². The van der Waals surface area contributed by atoms with E-state index < -0.39 is 0 Å². The van der Waals surface area contributed by atoms with E-state index in [1.54, 1.807) is 22.1 Å². The summed E-state index contributed by atoms with van der Waals surface area (Å²) >= 11 is 0. The van der Waals surface area contributed by atoms with Crippen molar-refractivity contribution in [1.29, 1.82) is 0 Å². The fourth-order valence-electron chi connectivity index (χ4n) is 3.04. The summed E-state index contributed by atoms with van der Waals surface area (Å²) < 4.78 is 1.76. The summed E-state index contributed by atoms with van der Waals surface area (Å²) in [4.78, 5) is 31.8.